The number of rotatable bonds is 4. The van der Waals surface area contributed by atoms with Gasteiger partial charge in [-0.3, -0.25) is 0 Å². The van der Waals surface area contributed by atoms with Crippen molar-refractivity contribution in [2.45, 2.75) is 19.9 Å². The summed E-state index contributed by atoms with van der Waals surface area (Å²) in [6.07, 6.45) is 0. The highest BCUT2D eigenvalue weighted by molar-refractivity contribution is 5.47. The molecule has 0 aliphatic heterocycles. The van der Waals surface area contributed by atoms with E-state index in [2.05, 4.69) is 5.32 Å². The van der Waals surface area contributed by atoms with Gasteiger partial charge in [-0.1, -0.05) is 44.2 Å². The molecule has 1 atom stereocenters. The van der Waals surface area contributed by atoms with Crippen LogP contribution < -0.4 is 5.32 Å². The van der Waals surface area contributed by atoms with Crippen LogP contribution in [0, 0.1) is 23.4 Å². The fourth-order valence-electron chi connectivity index (χ4n) is 2.10. The molecule has 1 unspecified atom stereocenters. The smallest absolute Gasteiger partial charge is 0.196 e. The molecule has 0 aliphatic carbocycles. The summed E-state index contributed by atoms with van der Waals surface area (Å²) in [6, 6.07) is 11.4. The highest BCUT2D eigenvalue weighted by atomic mass is 19.2. The van der Waals surface area contributed by atoms with Crippen molar-refractivity contribution >= 4 is 5.69 Å². The second-order valence-corrected chi connectivity index (χ2v) is 5.00. The molecule has 0 aromatic heterocycles. The standard InChI is InChI=1S/C16H16F3N/c1-10(2)16(11-6-4-3-5-7-11)20-13-9-8-12(17)14(18)15(13)19/h3-10,16,20H,1-2H3. The lowest BCUT2D eigenvalue weighted by atomic mass is 9.96. The summed E-state index contributed by atoms with van der Waals surface area (Å²) in [5.41, 5.74) is 0.929. The molecule has 0 heterocycles. The molecule has 1 nitrogen and oxygen atoms in total. The van der Waals surface area contributed by atoms with Crippen LogP contribution in [0.25, 0.3) is 0 Å². The van der Waals surface area contributed by atoms with Crippen molar-refractivity contribution in [3.63, 3.8) is 0 Å². The Morgan fingerprint density at radius 2 is 1.50 bits per heavy atom. The second kappa shape index (κ2) is 5.99. The summed E-state index contributed by atoms with van der Waals surface area (Å²) < 4.78 is 39.9. The lowest BCUT2D eigenvalue weighted by Gasteiger charge is -2.24. The summed E-state index contributed by atoms with van der Waals surface area (Å²) in [7, 11) is 0. The number of hydrogen-bond acceptors (Lipinski definition) is 1. The van der Waals surface area contributed by atoms with Gasteiger partial charge < -0.3 is 5.32 Å². The van der Waals surface area contributed by atoms with Crippen LogP contribution in [0.15, 0.2) is 42.5 Å². The third kappa shape index (κ3) is 2.95. The van der Waals surface area contributed by atoms with Crippen LogP contribution >= 0.6 is 0 Å². The van der Waals surface area contributed by atoms with E-state index < -0.39 is 17.5 Å². The predicted octanol–water partition coefficient (Wildman–Crippen LogP) is 4.91. The van der Waals surface area contributed by atoms with Gasteiger partial charge in [-0.15, -0.1) is 0 Å². The molecular formula is C16H16F3N. The van der Waals surface area contributed by atoms with E-state index in [4.69, 9.17) is 0 Å². The zero-order valence-electron chi connectivity index (χ0n) is 11.3. The molecule has 0 spiro atoms. The van der Waals surface area contributed by atoms with Crippen LogP contribution in [0.2, 0.25) is 0 Å². The average Bonchev–Trinajstić information content (AvgIpc) is 2.45. The van der Waals surface area contributed by atoms with Crippen molar-refractivity contribution < 1.29 is 13.2 Å². The molecule has 0 amide bonds. The molecule has 2 rings (SSSR count). The molecule has 20 heavy (non-hydrogen) atoms. The van der Waals surface area contributed by atoms with Gasteiger partial charge in [0.2, 0.25) is 0 Å². The van der Waals surface area contributed by atoms with Gasteiger partial charge in [-0.05, 0) is 23.6 Å². The normalized spacial score (nSPS) is 12.5. The van der Waals surface area contributed by atoms with Crippen molar-refractivity contribution in [1.82, 2.24) is 0 Å². The maximum Gasteiger partial charge on any atom is 0.196 e. The van der Waals surface area contributed by atoms with Gasteiger partial charge in [0.05, 0.1) is 11.7 Å². The molecule has 1 N–H and O–H groups in total. The molecule has 0 saturated carbocycles. The van der Waals surface area contributed by atoms with Gasteiger partial charge in [0.25, 0.3) is 0 Å². The Morgan fingerprint density at radius 1 is 0.850 bits per heavy atom. The molecule has 2 aromatic carbocycles. The first-order valence-electron chi connectivity index (χ1n) is 6.45. The minimum atomic E-state index is -1.45. The number of halogens is 3. The topological polar surface area (TPSA) is 12.0 Å². The van der Waals surface area contributed by atoms with E-state index in [1.807, 2.05) is 44.2 Å². The maximum atomic E-state index is 13.7. The zero-order chi connectivity index (χ0) is 14.7. The lowest BCUT2D eigenvalue weighted by molar-refractivity contribution is 0.446. The van der Waals surface area contributed by atoms with Crippen molar-refractivity contribution in [2.75, 3.05) is 5.32 Å². The van der Waals surface area contributed by atoms with Crippen LogP contribution in [0.3, 0.4) is 0 Å². The third-order valence-corrected chi connectivity index (χ3v) is 3.17. The molecule has 2 aromatic rings. The molecule has 106 valence electrons. The third-order valence-electron chi connectivity index (χ3n) is 3.17. The van der Waals surface area contributed by atoms with Crippen LogP contribution in [-0.4, -0.2) is 0 Å². The quantitative estimate of drug-likeness (QED) is 0.784. The molecule has 0 saturated heterocycles. The Morgan fingerprint density at radius 3 is 2.10 bits per heavy atom. The van der Waals surface area contributed by atoms with E-state index in [1.54, 1.807) is 0 Å². The van der Waals surface area contributed by atoms with Crippen molar-refractivity contribution in [2.24, 2.45) is 5.92 Å². The van der Waals surface area contributed by atoms with E-state index in [0.717, 1.165) is 11.6 Å². The maximum absolute atomic E-state index is 13.7. The Hall–Kier alpha value is -1.97. The molecule has 0 bridgehead atoms. The van der Waals surface area contributed by atoms with Crippen LogP contribution in [-0.2, 0) is 0 Å². The lowest BCUT2D eigenvalue weighted by Crippen LogP contribution is -2.18. The SMILES string of the molecule is CC(C)C(Nc1ccc(F)c(F)c1F)c1ccccc1. The van der Waals surface area contributed by atoms with E-state index in [0.29, 0.717) is 0 Å². The zero-order valence-corrected chi connectivity index (χ0v) is 11.3. The van der Waals surface area contributed by atoms with E-state index in [1.165, 1.54) is 6.07 Å². The minimum Gasteiger partial charge on any atom is -0.376 e. The molecular weight excluding hydrogens is 263 g/mol. The molecule has 0 aliphatic rings. The molecule has 0 fully saturated rings. The van der Waals surface area contributed by atoms with Gasteiger partial charge in [0.1, 0.15) is 0 Å². The summed E-state index contributed by atoms with van der Waals surface area (Å²) in [5, 5.41) is 2.95. The van der Waals surface area contributed by atoms with Crippen LogP contribution in [0.5, 0.6) is 0 Å². The minimum absolute atomic E-state index is 0.0357. The van der Waals surface area contributed by atoms with E-state index in [-0.39, 0.29) is 17.6 Å². The number of hydrogen-bond donors (Lipinski definition) is 1. The van der Waals surface area contributed by atoms with E-state index >= 15 is 0 Å². The monoisotopic (exact) mass is 279 g/mol. The average molecular weight is 279 g/mol. The largest absolute Gasteiger partial charge is 0.376 e. The number of anilines is 1. The molecule has 0 radical (unpaired) electrons. The Bertz CT molecular complexity index is 582. The highest BCUT2D eigenvalue weighted by Gasteiger charge is 2.19. The first-order valence-corrected chi connectivity index (χ1v) is 6.45. The van der Waals surface area contributed by atoms with Crippen LogP contribution in [0.1, 0.15) is 25.5 Å². The van der Waals surface area contributed by atoms with Crippen molar-refractivity contribution in [3.05, 3.63) is 65.5 Å². The fraction of sp³-hybridized carbons (Fsp3) is 0.250. The Balaban J connectivity index is 2.33. The summed E-state index contributed by atoms with van der Waals surface area (Å²) in [4.78, 5) is 0. The van der Waals surface area contributed by atoms with Gasteiger partial charge in [-0.25, -0.2) is 13.2 Å². The first-order chi connectivity index (χ1) is 9.50. The summed E-state index contributed by atoms with van der Waals surface area (Å²) in [6.45, 7) is 3.95. The van der Waals surface area contributed by atoms with Crippen molar-refractivity contribution in [1.29, 1.82) is 0 Å². The number of nitrogens with one attached hydrogen (secondary N) is 1. The second-order valence-electron chi connectivity index (χ2n) is 5.00. The van der Waals surface area contributed by atoms with Gasteiger partial charge in [-0.2, -0.15) is 0 Å². The van der Waals surface area contributed by atoms with E-state index in [9.17, 15) is 13.2 Å². The summed E-state index contributed by atoms with van der Waals surface area (Å²) >= 11 is 0. The van der Waals surface area contributed by atoms with Gasteiger partial charge in [0, 0.05) is 0 Å². The predicted molar refractivity (Wildman–Crippen MR) is 74.0 cm³/mol. The highest BCUT2D eigenvalue weighted by Crippen LogP contribution is 2.29. The first kappa shape index (κ1) is 14.4. The summed E-state index contributed by atoms with van der Waals surface area (Å²) in [5.74, 6) is -3.67. The van der Waals surface area contributed by atoms with Gasteiger partial charge >= 0.3 is 0 Å². The number of benzene rings is 2. The van der Waals surface area contributed by atoms with Gasteiger partial charge in [0.15, 0.2) is 17.5 Å². The van der Waals surface area contributed by atoms with Crippen molar-refractivity contribution in [3.8, 4) is 0 Å². The Kier molecular flexibility index (Phi) is 4.32. The van der Waals surface area contributed by atoms with Crippen LogP contribution in [0.4, 0.5) is 18.9 Å². The molecule has 4 heteroatoms. The fourth-order valence-corrected chi connectivity index (χ4v) is 2.10. The Labute approximate surface area is 116 Å².